The average Bonchev–Trinajstić information content (AvgIpc) is 3.30. The summed E-state index contributed by atoms with van der Waals surface area (Å²) >= 11 is 0. The molecule has 1 aliphatic heterocycles. The van der Waals surface area contributed by atoms with E-state index < -0.39 is 6.23 Å². The van der Waals surface area contributed by atoms with Crippen molar-refractivity contribution < 1.29 is 23.5 Å². The van der Waals surface area contributed by atoms with E-state index in [-0.39, 0.29) is 11.5 Å². The molecule has 6 heteroatoms. The number of nitrogens with zero attached hydrogens (tertiary/aromatic N) is 1. The molecule has 0 bridgehead atoms. The summed E-state index contributed by atoms with van der Waals surface area (Å²) in [5, 5.41) is 0.871. The fourth-order valence-electron chi connectivity index (χ4n) is 4.51. The molecule has 0 radical (unpaired) electrons. The van der Waals surface area contributed by atoms with Gasteiger partial charge in [-0.1, -0.05) is 44.2 Å². The lowest BCUT2D eigenvalue weighted by Crippen LogP contribution is -2.40. The minimum Gasteiger partial charge on any atom is -0.468 e. The van der Waals surface area contributed by atoms with Crippen LogP contribution in [0.4, 0.5) is 0 Å². The molecule has 2 heterocycles. The number of carbonyl (C=O) groups excluding carboxylic acids is 2. The summed E-state index contributed by atoms with van der Waals surface area (Å²) < 4.78 is 17.7. The number of hydrogen-bond donors (Lipinski definition) is 0. The van der Waals surface area contributed by atoms with Crippen LogP contribution in [0.3, 0.4) is 0 Å². The molecule has 5 rings (SSSR count). The summed E-state index contributed by atoms with van der Waals surface area (Å²) in [4.78, 5) is 27.1. The van der Waals surface area contributed by atoms with E-state index in [1.54, 1.807) is 30.5 Å². The number of rotatable bonds is 9. The molecular formula is C30H27NO5. The van der Waals surface area contributed by atoms with Gasteiger partial charge in [0.1, 0.15) is 17.1 Å². The number of likely N-dealkylation sites (N-methyl/N-ethyl adjacent to an activating group) is 1. The first-order valence-electron chi connectivity index (χ1n) is 12.1. The van der Waals surface area contributed by atoms with Crippen LogP contribution in [0.1, 0.15) is 35.5 Å². The standard InChI is InChI=1S/C30H27NO5/c1-3-31(4-2)27(19-32)35-23-14-12-21(13-15-23)29(33)30-28(20-9-6-5-7-10-20)24-17-22-11-8-16-34-25(22)18-26(24)36-30/h5-10,12-19,27H,3-4,11H2,1-2H3. The summed E-state index contributed by atoms with van der Waals surface area (Å²) in [6.45, 7) is 5.33. The molecule has 0 amide bonds. The van der Waals surface area contributed by atoms with Gasteiger partial charge in [-0.2, -0.15) is 0 Å². The number of allylic oxidation sites excluding steroid dienone is 1. The second-order valence-electron chi connectivity index (χ2n) is 8.54. The number of ether oxygens (including phenoxy) is 2. The van der Waals surface area contributed by atoms with Crippen LogP contribution in [0.15, 0.2) is 83.5 Å². The minimum absolute atomic E-state index is 0.232. The van der Waals surface area contributed by atoms with E-state index in [4.69, 9.17) is 13.9 Å². The Morgan fingerprint density at radius 3 is 2.50 bits per heavy atom. The molecule has 3 aromatic carbocycles. The highest BCUT2D eigenvalue weighted by Gasteiger charge is 2.25. The van der Waals surface area contributed by atoms with Crippen molar-refractivity contribution in [3.05, 3.63) is 96.0 Å². The predicted octanol–water partition coefficient (Wildman–Crippen LogP) is 6.03. The summed E-state index contributed by atoms with van der Waals surface area (Å²) in [7, 11) is 0. The molecule has 1 atom stereocenters. The summed E-state index contributed by atoms with van der Waals surface area (Å²) in [6.07, 6.45) is 4.49. The highest BCUT2D eigenvalue weighted by Crippen LogP contribution is 2.40. The van der Waals surface area contributed by atoms with Crippen molar-refractivity contribution in [3.8, 4) is 22.6 Å². The zero-order valence-corrected chi connectivity index (χ0v) is 20.3. The van der Waals surface area contributed by atoms with Gasteiger partial charge < -0.3 is 13.9 Å². The van der Waals surface area contributed by atoms with Gasteiger partial charge >= 0.3 is 0 Å². The molecular weight excluding hydrogens is 454 g/mol. The third kappa shape index (κ3) is 4.43. The molecule has 182 valence electrons. The maximum absolute atomic E-state index is 13.7. The van der Waals surface area contributed by atoms with Crippen molar-refractivity contribution in [1.82, 2.24) is 4.90 Å². The molecule has 36 heavy (non-hydrogen) atoms. The van der Waals surface area contributed by atoms with E-state index in [1.165, 1.54) is 0 Å². The SMILES string of the molecule is CCN(CC)C(C=O)Oc1ccc(C(=O)c2oc3cc4c(cc3c2-c2ccccc2)CC=CO4)cc1. The maximum Gasteiger partial charge on any atom is 0.228 e. The van der Waals surface area contributed by atoms with Crippen LogP contribution < -0.4 is 9.47 Å². The van der Waals surface area contributed by atoms with E-state index in [0.717, 1.165) is 40.5 Å². The zero-order chi connectivity index (χ0) is 25.1. The number of carbonyl (C=O) groups is 2. The number of aldehydes is 1. The fourth-order valence-corrected chi connectivity index (χ4v) is 4.51. The van der Waals surface area contributed by atoms with Crippen LogP contribution in [-0.2, 0) is 11.2 Å². The molecule has 0 fully saturated rings. The molecule has 0 saturated heterocycles. The second-order valence-corrected chi connectivity index (χ2v) is 8.54. The van der Waals surface area contributed by atoms with Gasteiger partial charge in [0.05, 0.1) is 6.26 Å². The van der Waals surface area contributed by atoms with Crippen molar-refractivity contribution in [2.45, 2.75) is 26.5 Å². The summed E-state index contributed by atoms with van der Waals surface area (Å²) in [6, 6.07) is 20.5. The Bertz CT molecular complexity index is 1420. The molecule has 1 aliphatic rings. The van der Waals surface area contributed by atoms with E-state index in [1.807, 2.05) is 67.3 Å². The van der Waals surface area contributed by atoms with Crippen molar-refractivity contribution in [3.63, 3.8) is 0 Å². The van der Waals surface area contributed by atoms with Crippen LogP contribution in [-0.4, -0.2) is 36.3 Å². The summed E-state index contributed by atoms with van der Waals surface area (Å²) in [5.74, 6) is 1.29. The van der Waals surface area contributed by atoms with Crippen molar-refractivity contribution in [2.24, 2.45) is 0 Å². The van der Waals surface area contributed by atoms with E-state index in [2.05, 4.69) is 0 Å². The average molecular weight is 482 g/mol. The normalized spacial score (nSPS) is 13.3. The Labute approximate surface area is 209 Å². The van der Waals surface area contributed by atoms with E-state index in [9.17, 15) is 9.59 Å². The number of ketones is 1. The van der Waals surface area contributed by atoms with Gasteiger partial charge in [0, 0.05) is 22.6 Å². The molecule has 0 aliphatic carbocycles. The molecule has 0 saturated carbocycles. The van der Waals surface area contributed by atoms with Crippen molar-refractivity contribution in [1.29, 1.82) is 0 Å². The number of hydrogen-bond acceptors (Lipinski definition) is 6. The van der Waals surface area contributed by atoms with Gasteiger partial charge in [-0.15, -0.1) is 0 Å². The first-order valence-corrected chi connectivity index (χ1v) is 12.1. The Hall–Kier alpha value is -4.16. The highest BCUT2D eigenvalue weighted by atomic mass is 16.5. The predicted molar refractivity (Wildman–Crippen MR) is 138 cm³/mol. The number of benzene rings is 3. The topological polar surface area (TPSA) is 69.0 Å². The van der Waals surface area contributed by atoms with Gasteiger partial charge in [0.2, 0.25) is 12.0 Å². The molecule has 0 N–H and O–H groups in total. The Morgan fingerprint density at radius 2 is 1.81 bits per heavy atom. The number of furan rings is 1. The third-order valence-electron chi connectivity index (χ3n) is 6.43. The van der Waals surface area contributed by atoms with Gasteiger partial charge in [-0.3, -0.25) is 14.5 Å². The molecule has 6 nitrogen and oxygen atoms in total. The smallest absolute Gasteiger partial charge is 0.228 e. The largest absolute Gasteiger partial charge is 0.468 e. The lowest BCUT2D eigenvalue weighted by atomic mass is 9.96. The molecule has 1 aromatic heterocycles. The molecule has 1 unspecified atom stereocenters. The lowest BCUT2D eigenvalue weighted by molar-refractivity contribution is -0.121. The van der Waals surface area contributed by atoms with Gasteiger partial charge in [-0.05, 0) is 67.0 Å². The van der Waals surface area contributed by atoms with Gasteiger partial charge in [0.15, 0.2) is 12.0 Å². The second kappa shape index (κ2) is 10.2. The zero-order valence-electron chi connectivity index (χ0n) is 20.3. The third-order valence-corrected chi connectivity index (χ3v) is 6.43. The number of fused-ring (bicyclic) bond motifs is 2. The highest BCUT2D eigenvalue weighted by molar-refractivity contribution is 6.16. The first kappa shape index (κ1) is 23.6. The molecule has 4 aromatic rings. The van der Waals surface area contributed by atoms with Crippen molar-refractivity contribution in [2.75, 3.05) is 13.1 Å². The van der Waals surface area contributed by atoms with E-state index >= 15 is 0 Å². The van der Waals surface area contributed by atoms with E-state index in [0.29, 0.717) is 30.0 Å². The fraction of sp³-hybridized carbons (Fsp3) is 0.200. The first-order chi connectivity index (χ1) is 17.6. The minimum atomic E-state index is -0.677. The van der Waals surface area contributed by atoms with Gasteiger partial charge in [0.25, 0.3) is 0 Å². The monoisotopic (exact) mass is 481 g/mol. The maximum atomic E-state index is 13.7. The van der Waals surface area contributed by atoms with Crippen LogP contribution in [0.2, 0.25) is 0 Å². The Morgan fingerprint density at radius 1 is 1.06 bits per heavy atom. The van der Waals surface area contributed by atoms with Crippen LogP contribution in [0.5, 0.6) is 11.5 Å². The summed E-state index contributed by atoms with van der Waals surface area (Å²) in [5.41, 5.74) is 3.77. The Kier molecular flexibility index (Phi) is 6.69. The van der Waals surface area contributed by atoms with Crippen molar-refractivity contribution >= 4 is 23.0 Å². The quantitative estimate of drug-likeness (QED) is 0.165. The van der Waals surface area contributed by atoms with Crippen LogP contribution >= 0.6 is 0 Å². The van der Waals surface area contributed by atoms with Gasteiger partial charge in [-0.25, -0.2) is 0 Å². The van der Waals surface area contributed by atoms with Crippen LogP contribution in [0, 0.1) is 0 Å². The Balaban J connectivity index is 1.52. The lowest BCUT2D eigenvalue weighted by Gasteiger charge is -2.25. The van der Waals surface area contributed by atoms with Crippen LogP contribution in [0.25, 0.3) is 22.1 Å². The molecule has 0 spiro atoms.